The van der Waals surface area contributed by atoms with Crippen LogP contribution in [0, 0.1) is 0 Å². The average molecular weight is 323 g/mol. The van der Waals surface area contributed by atoms with Gasteiger partial charge < -0.3 is 4.90 Å². The van der Waals surface area contributed by atoms with Crippen LogP contribution in [0.25, 0.3) is 5.65 Å². The van der Waals surface area contributed by atoms with E-state index >= 15 is 0 Å². The molecule has 2 aliphatic rings. The molecule has 0 aromatic carbocycles. The van der Waals surface area contributed by atoms with Gasteiger partial charge in [0.1, 0.15) is 5.82 Å². The van der Waals surface area contributed by atoms with Crippen molar-refractivity contribution in [2.45, 2.75) is 50.9 Å². The molecule has 2 aromatic heterocycles. The van der Waals surface area contributed by atoms with Crippen molar-refractivity contribution in [1.82, 2.24) is 19.8 Å². The van der Waals surface area contributed by atoms with Crippen molar-refractivity contribution >= 4 is 11.5 Å². The van der Waals surface area contributed by atoms with Gasteiger partial charge in [0.15, 0.2) is 5.65 Å². The zero-order chi connectivity index (χ0) is 16.2. The van der Waals surface area contributed by atoms with Crippen LogP contribution in [0.3, 0.4) is 0 Å². The summed E-state index contributed by atoms with van der Waals surface area (Å²) in [6.07, 6.45) is 1.61. The summed E-state index contributed by atoms with van der Waals surface area (Å²) >= 11 is 0. The molecule has 4 rings (SSSR count). The van der Waals surface area contributed by atoms with Crippen molar-refractivity contribution in [3.8, 4) is 0 Å². The van der Waals surface area contributed by atoms with E-state index in [2.05, 4.69) is 26.3 Å². The highest BCUT2D eigenvalue weighted by atomic mass is 19.4. The molecule has 0 N–H and O–H groups in total. The van der Waals surface area contributed by atoms with Crippen LogP contribution in [0.15, 0.2) is 23.8 Å². The Morgan fingerprint density at radius 1 is 1.13 bits per heavy atom. The maximum atomic E-state index is 13.0. The summed E-state index contributed by atoms with van der Waals surface area (Å²) in [6.45, 7) is 2.04. The molecule has 0 spiro atoms. The van der Waals surface area contributed by atoms with E-state index in [1.165, 1.54) is 5.57 Å². The zero-order valence-electron chi connectivity index (χ0n) is 12.6. The van der Waals surface area contributed by atoms with E-state index in [1.54, 1.807) is 12.1 Å². The zero-order valence-corrected chi connectivity index (χ0v) is 12.6. The minimum Gasteiger partial charge on any atom is -0.349 e. The summed E-state index contributed by atoms with van der Waals surface area (Å²) in [5.74, 6) is -0.502. The van der Waals surface area contributed by atoms with Gasteiger partial charge >= 0.3 is 6.18 Å². The lowest BCUT2D eigenvalue weighted by Gasteiger charge is -2.37. The van der Waals surface area contributed by atoms with Gasteiger partial charge in [0, 0.05) is 12.1 Å². The molecule has 2 fully saturated rings. The standard InChI is InChI=1S/C15H16F3N5/c1-2-9-7-10-3-4-11(8-9)22(10)13-6-5-12-19-20-14(15(16,17)18)23(12)21-13/h2,5-6,10-11H,3-4,7-8H2,1H3. The number of hydrogen-bond acceptors (Lipinski definition) is 4. The molecule has 0 saturated carbocycles. The Morgan fingerprint density at radius 2 is 1.83 bits per heavy atom. The molecule has 2 aromatic rings. The van der Waals surface area contributed by atoms with Crippen LogP contribution in [0.2, 0.25) is 0 Å². The molecule has 0 radical (unpaired) electrons. The fourth-order valence-electron chi connectivity index (χ4n) is 3.75. The minimum absolute atomic E-state index is 0.111. The molecular formula is C15H16F3N5. The molecule has 8 heteroatoms. The molecule has 0 aliphatic carbocycles. The van der Waals surface area contributed by atoms with E-state index < -0.39 is 12.0 Å². The Kier molecular flexibility index (Phi) is 3.11. The molecule has 5 nitrogen and oxygen atoms in total. The summed E-state index contributed by atoms with van der Waals surface area (Å²) in [6, 6.07) is 3.93. The first kappa shape index (κ1) is 14.5. The Labute approximate surface area is 130 Å². The molecule has 122 valence electrons. The lowest BCUT2D eigenvalue weighted by atomic mass is 9.96. The van der Waals surface area contributed by atoms with Crippen LogP contribution in [0.1, 0.15) is 38.4 Å². The predicted molar refractivity (Wildman–Crippen MR) is 78.1 cm³/mol. The number of aromatic nitrogens is 4. The minimum atomic E-state index is -4.57. The number of nitrogens with zero attached hydrogens (tertiary/aromatic N) is 5. The Balaban J connectivity index is 1.76. The Hall–Kier alpha value is -2.12. The van der Waals surface area contributed by atoms with Gasteiger partial charge in [0.25, 0.3) is 5.82 Å². The molecule has 2 aliphatic heterocycles. The van der Waals surface area contributed by atoms with Gasteiger partial charge in [-0.3, -0.25) is 0 Å². The van der Waals surface area contributed by atoms with Gasteiger partial charge in [-0.2, -0.15) is 17.7 Å². The second-order valence-corrected chi connectivity index (χ2v) is 6.13. The van der Waals surface area contributed by atoms with Crippen molar-refractivity contribution in [3.05, 3.63) is 29.6 Å². The number of halogens is 3. The fourth-order valence-corrected chi connectivity index (χ4v) is 3.75. The largest absolute Gasteiger partial charge is 0.453 e. The summed E-state index contributed by atoms with van der Waals surface area (Å²) in [5, 5.41) is 11.0. The second-order valence-electron chi connectivity index (χ2n) is 6.13. The molecule has 2 unspecified atom stereocenters. The third-order valence-corrected chi connectivity index (χ3v) is 4.79. The van der Waals surface area contributed by atoms with Crippen LogP contribution < -0.4 is 4.90 Å². The SMILES string of the molecule is CC=C1CC2CCC(C1)N2c1ccc2nnc(C(F)(F)F)n2n1. The Morgan fingerprint density at radius 3 is 2.43 bits per heavy atom. The van der Waals surface area contributed by atoms with Crippen LogP contribution in [-0.4, -0.2) is 31.9 Å². The smallest absolute Gasteiger partial charge is 0.349 e. The third-order valence-electron chi connectivity index (χ3n) is 4.79. The lowest BCUT2D eigenvalue weighted by Crippen LogP contribution is -2.41. The Bertz CT molecular complexity index is 763. The fraction of sp³-hybridized carbons (Fsp3) is 0.533. The molecule has 2 bridgehead atoms. The lowest BCUT2D eigenvalue weighted by molar-refractivity contribution is -0.146. The monoisotopic (exact) mass is 323 g/mol. The predicted octanol–water partition coefficient (Wildman–Crippen LogP) is 3.22. The van der Waals surface area contributed by atoms with Gasteiger partial charge in [-0.05, 0) is 44.7 Å². The van der Waals surface area contributed by atoms with E-state index in [1.807, 2.05) is 6.92 Å². The first-order chi connectivity index (χ1) is 11.0. The van der Waals surface area contributed by atoms with Crippen molar-refractivity contribution in [1.29, 1.82) is 0 Å². The van der Waals surface area contributed by atoms with Gasteiger partial charge in [-0.15, -0.1) is 15.3 Å². The van der Waals surface area contributed by atoms with Crippen LogP contribution >= 0.6 is 0 Å². The van der Waals surface area contributed by atoms with Crippen molar-refractivity contribution in [2.75, 3.05) is 4.90 Å². The number of alkyl halides is 3. The first-order valence-corrected chi connectivity index (χ1v) is 7.69. The molecule has 23 heavy (non-hydrogen) atoms. The van der Waals surface area contributed by atoms with E-state index in [9.17, 15) is 13.2 Å². The molecular weight excluding hydrogens is 307 g/mol. The van der Waals surface area contributed by atoms with Crippen LogP contribution in [-0.2, 0) is 6.18 Å². The number of hydrogen-bond donors (Lipinski definition) is 0. The van der Waals surface area contributed by atoms with Gasteiger partial charge in [0.05, 0.1) is 0 Å². The van der Waals surface area contributed by atoms with Gasteiger partial charge in [0.2, 0.25) is 0 Å². The van der Waals surface area contributed by atoms with Crippen molar-refractivity contribution in [3.63, 3.8) is 0 Å². The molecule has 2 atom stereocenters. The van der Waals surface area contributed by atoms with E-state index in [0.29, 0.717) is 17.9 Å². The first-order valence-electron chi connectivity index (χ1n) is 7.69. The number of anilines is 1. The maximum Gasteiger partial charge on any atom is 0.453 e. The van der Waals surface area contributed by atoms with Crippen LogP contribution in [0.4, 0.5) is 19.0 Å². The molecule has 0 amide bonds. The summed E-state index contributed by atoms with van der Waals surface area (Å²) in [4.78, 5) is 2.17. The van der Waals surface area contributed by atoms with E-state index in [-0.39, 0.29) is 5.65 Å². The van der Waals surface area contributed by atoms with Crippen molar-refractivity contribution < 1.29 is 13.2 Å². The third kappa shape index (κ3) is 2.27. The van der Waals surface area contributed by atoms with Crippen LogP contribution in [0.5, 0.6) is 0 Å². The highest BCUT2D eigenvalue weighted by Crippen LogP contribution is 2.40. The van der Waals surface area contributed by atoms with E-state index in [4.69, 9.17) is 0 Å². The highest BCUT2D eigenvalue weighted by Gasteiger charge is 2.40. The number of fused-ring (bicyclic) bond motifs is 3. The quantitative estimate of drug-likeness (QED) is 0.756. The number of allylic oxidation sites excluding steroid dienone is 1. The maximum absolute atomic E-state index is 13.0. The van der Waals surface area contributed by atoms with E-state index in [0.717, 1.165) is 30.2 Å². The van der Waals surface area contributed by atoms with Gasteiger partial charge in [-0.25, -0.2) is 0 Å². The van der Waals surface area contributed by atoms with Gasteiger partial charge in [-0.1, -0.05) is 11.6 Å². The topological polar surface area (TPSA) is 46.3 Å². The normalized spacial score (nSPS) is 24.5. The molecule has 2 saturated heterocycles. The number of piperidine rings is 1. The summed E-state index contributed by atoms with van der Waals surface area (Å²) in [7, 11) is 0. The highest BCUT2D eigenvalue weighted by molar-refractivity contribution is 5.50. The van der Waals surface area contributed by atoms with Crippen molar-refractivity contribution in [2.24, 2.45) is 0 Å². The molecule has 4 heterocycles. The summed E-state index contributed by atoms with van der Waals surface area (Å²) in [5.41, 5.74) is 1.54. The average Bonchev–Trinajstić information content (AvgIpc) is 3.04. The number of rotatable bonds is 1. The summed E-state index contributed by atoms with van der Waals surface area (Å²) < 4.78 is 39.8. The second kappa shape index (κ2) is 4.94.